The maximum Gasteiger partial charge on any atom is 0.185 e. The fourth-order valence-electron chi connectivity index (χ4n) is 2.57. The summed E-state index contributed by atoms with van der Waals surface area (Å²) in [7, 11) is 3.18. The molecule has 3 nitrogen and oxygen atoms in total. The molecule has 0 aliphatic carbocycles. The van der Waals surface area contributed by atoms with E-state index in [0.29, 0.717) is 17.1 Å². The van der Waals surface area contributed by atoms with Crippen LogP contribution in [0.25, 0.3) is 16.8 Å². The number of carbonyl (C=O) groups excluding carboxylic acids is 1. The molecule has 0 saturated heterocycles. The van der Waals surface area contributed by atoms with Gasteiger partial charge in [0.15, 0.2) is 17.3 Å². The van der Waals surface area contributed by atoms with Crippen molar-refractivity contribution in [3.63, 3.8) is 0 Å². The van der Waals surface area contributed by atoms with Crippen LogP contribution in [0.2, 0.25) is 0 Å². The van der Waals surface area contributed by atoms with Crippen molar-refractivity contribution >= 4 is 22.6 Å². The molecule has 24 heavy (non-hydrogen) atoms. The van der Waals surface area contributed by atoms with Gasteiger partial charge >= 0.3 is 0 Å². The number of hydrogen-bond donors (Lipinski definition) is 0. The standard InChI is InChI=1S/C21H18O3/c1-23-20-12-8-15(13-21(20)24-2)7-11-19(22)18-10-9-16-5-3-4-6-17(16)14-18/h3-14H,1-2H3/b11-7+. The van der Waals surface area contributed by atoms with Crippen LogP contribution in [0.3, 0.4) is 0 Å². The lowest BCUT2D eigenvalue weighted by Crippen LogP contribution is -1.94. The summed E-state index contributed by atoms with van der Waals surface area (Å²) in [4.78, 5) is 12.4. The zero-order chi connectivity index (χ0) is 16.9. The molecule has 120 valence electrons. The van der Waals surface area contributed by atoms with E-state index in [1.54, 1.807) is 26.4 Å². The summed E-state index contributed by atoms with van der Waals surface area (Å²) in [6.07, 6.45) is 3.35. The maximum atomic E-state index is 12.4. The van der Waals surface area contributed by atoms with Crippen LogP contribution < -0.4 is 9.47 Å². The molecular formula is C21H18O3. The van der Waals surface area contributed by atoms with Crippen LogP contribution in [0, 0.1) is 0 Å². The number of hydrogen-bond acceptors (Lipinski definition) is 3. The van der Waals surface area contributed by atoms with Gasteiger partial charge < -0.3 is 9.47 Å². The molecule has 0 N–H and O–H groups in total. The van der Waals surface area contributed by atoms with Crippen molar-refractivity contribution in [2.75, 3.05) is 14.2 Å². The van der Waals surface area contributed by atoms with Gasteiger partial charge in [-0.15, -0.1) is 0 Å². The van der Waals surface area contributed by atoms with E-state index in [4.69, 9.17) is 9.47 Å². The van der Waals surface area contributed by atoms with E-state index >= 15 is 0 Å². The van der Waals surface area contributed by atoms with Crippen LogP contribution in [0.15, 0.2) is 66.7 Å². The number of allylic oxidation sites excluding steroid dienone is 1. The quantitative estimate of drug-likeness (QED) is 0.503. The highest BCUT2D eigenvalue weighted by atomic mass is 16.5. The van der Waals surface area contributed by atoms with Crippen LogP contribution in [-0.4, -0.2) is 20.0 Å². The second kappa shape index (κ2) is 7.01. The van der Waals surface area contributed by atoms with Gasteiger partial charge in [0.05, 0.1) is 14.2 Å². The molecular weight excluding hydrogens is 300 g/mol. The Balaban J connectivity index is 1.83. The monoisotopic (exact) mass is 318 g/mol. The summed E-state index contributed by atoms with van der Waals surface area (Å²) in [6.45, 7) is 0. The smallest absolute Gasteiger partial charge is 0.185 e. The van der Waals surface area contributed by atoms with E-state index in [2.05, 4.69) is 0 Å². The predicted octanol–water partition coefficient (Wildman–Crippen LogP) is 4.75. The molecule has 0 spiro atoms. The highest BCUT2D eigenvalue weighted by Crippen LogP contribution is 2.28. The molecule has 3 aromatic carbocycles. The third-order valence-corrected chi connectivity index (χ3v) is 3.87. The normalized spacial score (nSPS) is 10.9. The Labute approximate surface area is 141 Å². The highest BCUT2D eigenvalue weighted by molar-refractivity contribution is 6.08. The molecule has 0 aliphatic rings. The number of ether oxygens (including phenoxy) is 2. The number of rotatable bonds is 5. The predicted molar refractivity (Wildman–Crippen MR) is 96.9 cm³/mol. The number of fused-ring (bicyclic) bond motifs is 1. The van der Waals surface area contributed by atoms with Crippen molar-refractivity contribution in [1.82, 2.24) is 0 Å². The van der Waals surface area contributed by atoms with Crippen LogP contribution in [0.4, 0.5) is 0 Å². The first-order chi connectivity index (χ1) is 11.7. The second-order valence-corrected chi connectivity index (χ2v) is 5.37. The fourth-order valence-corrected chi connectivity index (χ4v) is 2.57. The minimum absolute atomic E-state index is 0.0319. The Hall–Kier alpha value is -3.07. The van der Waals surface area contributed by atoms with Crippen LogP contribution >= 0.6 is 0 Å². The third-order valence-electron chi connectivity index (χ3n) is 3.87. The lowest BCUT2D eigenvalue weighted by atomic mass is 10.0. The van der Waals surface area contributed by atoms with E-state index in [-0.39, 0.29) is 5.78 Å². The summed E-state index contributed by atoms with van der Waals surface area (Å²) < 4.78 is 10.5. The van der Waals surface area contributed by atoms with Gasteiger partial charge in [-0.2, -0.15) is 0 Å². The molecule has 0 radical (unpaired) electrons. The molecule has 0 heterocycles. The largest absolute Gasteiger partial charge is 0.493 e. The maximum absolute atomic E-state index is 12.4. The molecule has 3 aromatic rings. The topological polar surface area (TPSA) is 35.5 Å². The molecule has 3 heteroatoms. The fraction of sp³-hybridized carbons (Fsp3) is 0.0952. The van der Waals surface area contributed by atoms with Gasteiger partial charge in [0.1, 0.15) is 0 Å². The highest BCUT2D eigenvalue weighted by Gasteiger charge is 2.05. The SMILES string of the molecule is COc1ccc(/C=C/C(=O)c2ccc3ccccc3c2)cc1OC. The third kappa shape index (κ3) is 3.30. The van der Waals surface area contributed by atoms with Crippen molar-refractivity contribution in [2.24, 2.45) is 0 Å². The van der Waals surface area contributed by atoms with E-state index in [1.807, 2.05) is 60.7 Å². The summed E-state index contributed by atoms with van der Waals surface area (Å²) in [5, 5.41) is 2.18. The Bertz CT molecular complexity index is 910. The van der Waals surface area contributed by atoms with Crippen LogP contribution in [0.1, 0.15) is 15.9 Å². The molecule has 0 atom stereocenters. The minimum atomic E-state index is -0.0319. The molecule has 0 fully saturated rings. The van der Waals surface area contributed by atoms with E-state index < -0.39 is 0 Å². The average molecular weight is 318 g/mol. The summed E-state index contributed by atoms with van der Waals surface area (Å²) in [6, 6.07) is 19.3. The lowest BCUT2D eigenvalue weighted by molar-refractivity contribution is 0.104. The number of methoxy groups -OCH3 is 2. The number of ketones is 1. The Morgan fingerprint density at radius 2 is 1.58 bits per heavy atom. The summed E-state index contributed by atoms with van der Waals surface area (Å²) in [5.74, 6) is 1.27. The Kier molecular flexibility index (Phi) is 4.62. The molecule has 0 saturated carbocycles. The van der Waals surface area contributed by atoms with E-state index in [0.717, 1.165) is 16.3 Å². The van der Waals surface area contributed by atoms with Gasteiger partial charge in [-0.1, -0.05) is 48.5 Å². The Morgan fingerprint density at radius 3 is 2.33 bits per heavy atom. The van der Waals surface area contributed by atoms with E-state index in [1.165, 1.54) is 0 Å². The van der Waals surface area contributed by atoms with Gasteiger partial charge in [-0.25, -0.2) is 0 Å². The molecule has 0 unspecified atom stereocenters. The number of carbonyl (C=O) groups is 1. The molecule has 0 aliphatic heterocycles. The van der Waals surface area contributed by atoms with E-state index in [9.17, 15) is 4.79 Å². The molecule has 0 bridgehead atoms. The average Bonchev–Trinajstić information content (AvgIpc) is 2.65. The second-order valence-electron chi connectivity index (χ2n) is 5.37. The van der Waals surface area contributed by atoms with Crippen molar-refractivity contribution in [2.45, 2.75) is 0 Å². The Morgan fingerprint density at radius 1 is 0.833 bits per heavy atom. The van der Waals surface area contributed by atoms with Crippen molar-refractivity contribution in [3.8, 4) is 11.5 Å². The van der Waals surface area contributed by atoms with Crippen molar-refractivity contribution < 1.29 is 14.3 Å². The molecule has 0 amide bonds. The zero-order valence-corrected chi connectivity index (χ0v) is 13.7. The van der Waals surface area contributed by atoms with Crippen LogP contribution in [-0.2, 0) is 0 Å². The first-order valence-electron chi connectivity index (χ1n) is 7.64. The zero-order valence-electron chi connectivity index (χ0n) is 13.7. The molecule has 0 aromatic heterocycles. The first kappa shape index (κ1) is 15.8. The minimum Gasteiger partial charge on any atom is -0.493 e. The van der Waals surface area contributed by atoms with Gasteiger partial charge in [-0.3, -0.25) is 4.79 Å². The molecule has 3 rings (SSSR count). The van der Waals surface area contributed by atoms with Gasteiger partial charge in [0.25, 0.3) is 0 Å². The number of benzene rings is 3. The van der Waals surface area contributed by atoms with Gasteiger partial charge in [0.2, 0.25) is 0 Å². The van der Waals surface area contributed by atoms with Crippen molar-refractivity contribution in [3.05, 3.63) is 77.9 Å². The first-order valence-corrected chi connectivity index (χ1v) is 7.64. The van der Waals surface area contributed by atoms with Crippen LogP contribution in [0.5, 0.6) is 11.5 Å². The van der Waals surface area contributed by atoms with Gasteiger partial charge in [0, 0.05) is 5.56 Å². The lowest BCUT2D eigenvalue weighted by Gasteiger charge is -2.07. The van der Waals surface area contributed by atoms with Crippen molar-refractivity contribution in [1.29, 1.82) is 0 Å². The van der Waals surface area contributed by atoms with Gasteiger partial charge in [-0.05, 0) is 40.6 Å². The summed E-state index contributed by atoms with van der Waals surface area (Å²) >= 11 is 0. The summed E-state index contributed by atoms with van der Waals surface area (Å²) in [5.41, 5.74) is 1.55.